The van der Waals surface area contributed by atoms with E-state index in [-0.39, 0.29) is 5.69 Å². The fourth-order valence-corrected chi connectivity index (χ4v) is 3.77. The predicted molar refractivity (Wildman–Crippen MR) is 61.9 cm³/mol. The van der Waals surface area contributed by atoms with E-state index in [2.05, 4.69) is 10.3 Å². The van der Waals surface area contributed by atoms with Gasteiger partial charge in [-0.2, -0.15) is 0 Å². The van der Waals surface area contributed by atoms with E-state index in [1.54, 1.807) is 5.38 Å². The van der Waals surface area contributed by atoms with Crippen molar-refractivity contribution in [3.8, 4) is 0 Å². The molecule has 3 unspecified atom stereocenters. The van der Waals surface area contributed by atoms with Crippen LogP contribution in [0.3, 0.4) is 0 Å². The van der Waals surface area contributed by atoms with Gasteiger partial charge in [-0.1, -0.05) is 6.42 Å². The first-order chi connectivity index (χ1) is 7.72. The van der Waals surface area contributed by atoms with E-state index in [0.29, 0.717) is 6.04 Å². The molecular formula is C11H14N2O2S. The van der Waals surface area contributed by atoms with Crippen LogP contribution >= 0.6 is 11.3 Å². The van der Waals surface area contributed by atoms with E-state index in [4.69, 9.17) is 5.11 Å². The monoisotopic (exact) mass is 238 g/mol. The second-order valence-corrected chi connectivity index (χ2v) is 5.63. The number of carbonyl (C=O) groups is 1. The van der Waals surface area contributed by atoms with Crippen molar-refractivity contribution in [2.75, 3.05) is 5.32 Å². The molecule has 0 radical (unpaired) electrons. The van der Waals surface area contributed by atoms with Crippen molar-refractivity contribution in [3.63, 3.8) is 0 Å². The van der Waals surface area contributed by atoms with Gasteiger partial charge in [-0.3, -0.25) is 0 Å². The number of nitrogens with zero attached hydrogens (tertiary/aromatic N) is 1. The van der Waals surface area contributed by atoms with Crippen molar-refractivity contribution >= 4 is 22.4 Å². The van der Waals surface area contributed by atoms with Crippen LogP contribution in [0, 0.1) is 11.8 Å². The van der Waals surface area contributed by atoms with Gasteiger partial charge in [0.2, 0.25) is 0 Å². The van der Waals surface area contributed by atoms with E-state index in [1.165, 1.54) is 37.0 Å². The van der Waals surface area contributed by atoms with Gasteiger partial charge in [-0.25, -0.2) is 9.78 Å². The highest BCUT2D eigenvalue weighted by atomic mass is 32.1. The third-order valence-electron chi connectivity index (χ3n) is 3.77. The maximum Gasteiger partial charge on any atom is 0.355 e. The average Bonchev–Trinajstić information content (AvgIpc) is 2.91. The smallest absolute Gasteiger partial charge is 0.355 e. The van der Waals surface area contributed by atoms with Gasteiger partial charge in [0.25, 0.3) is 0 Å². The highest BCUT2D eigenvalue weighted by Crippen LogP contribution is 2.45. The van der Waals surface area contributed by atoms with Gasteiger partial charge in [0.15, 0.2) is 10.8 Å². The molecule has 86 valence electrons. The highest BCUT2D eigenvalue weighted by Gasteiger charge is 2.39. The summed E-state index contributed by atoms with van der Waals surface area (Å²) >= 11 is 1.39. The lowest BCUT2D eigenvalue weighted by Crippen LogP contribution is -2.25. The minimum absolute atomic E-state index is 0.149. The van der Waals surface area contributed by atoms with Crippen molar-refractivity contribution in [2.24, 2.45) is 11.8 Å². The number of nitrogens with one attached hydrogen (secondary N) is 1. The summed E-state index contributed by atoms with van der Waals surface area (Å²) < 4.78 is 0. The van der Waals surface area contributed by atoms with Gasteiger partial charge in [-0.15, -0.1) is 11.3 Å². The third kappa shape index (κ3) is 1.69. The quantitative estimate of drug-likeness (QED) is 0.849. The summed E-state index contributed by atoms with van der Waals surface area (Å²) in [5, 5.41) is 14.5. The number of aromatic carboxylic acids is 1. The molecule has 1 aromatic rings. The number of carboxylic acids is 1. The molecule has 1 aromatic heterocycles. The Labute approximate surface area is 97.7 Å². The van der Waals surface area contributed by atoms with Crippen LogP contribution < -0.4 is 5.32 Å². The van der Waals surface area contributed by atoms with Crippen molar-refractivity contribution in [2.45, 2.75) is 31.7 Å². The highest BCUT2D eigenvalue weighted by molar-refractivity contribution is 7.13. The maximum absolute atomic E-state index is 10.7. The minimum Gasteiger partial charge on any atom is -0.476 e. The largest absolute Gasteiger partial charge is 0.476 e. The molecule has 5 heteroatoms. The number of fused-ring (bicyclic) bond motifs is 2. The first kappa shape index (κ1) is 10.1. The van der Waals surface area contributed by atoms with Gasteiger partial charge in [0.05, 0.1) is 0 Å². The minimum atomic E-state index is -0.947. The molecule has 16 heavy (non-hydrogen) atoms. The van der Waals surface area contributed by atoms with Crippen LogP contribution in [0.15, 0.2) is 5.38 Å². The van der Waals surface area contributed by atoms with Crippen molar-refractivity contribution in [1.29, 1.82) is 0 Å². The fourth-order valence-electron chi connectivity index (χ4n) is 3.02. The van der Waals surface area contributed by atoms with Gasteiger partial charge >= 0.3 is 5.97 Å². The van der Waals surface area contributed by atoms with Gasteiger partial charge < -0.3 is 10.4 Å². The molecule has 0 saturated heterocycles. The molecule has 3 atom stereocenters. The average molecular weight is 238 g/mol. The molecule has 0 spiro atoms. The van der Waals surface area contributed by atoms with Crippen LogP contribution in [0.25, 0.3) is 0 Å². The number of thiazole rings is 1. The Morgan fingerprint density at radius 3 is 2.94 bits per heavy atom. The Morgan fingerprint density at radius 2 is 2.38 bits per heavy atom. The SMILES string of the molecule is O=C(O)c1csc(NC2CC3CCC2C3)n1. The number of rotatable bonds is 3. The maximum atomic E-state index is 10.7. The standard InChI is InChI=1S/C11H14N2O2S/c14-10(15)9-5-16-11(13-9)12-8-4-6-1-2-7(8)3-6/h5-8H,1-4H2,(H,12,13)(H,14,15). The second-order valence-electron chi connectivity index (χ2n) is 4.77. The molecule has 0 aliphatic heterocycles. The lowest BCUT2D eigenvalue weighted by Gasteiger charge is -2.22. The first-order valence-electron chi connectivity index (χ1n) is 5.67. The molecule has 2 aliphatic carbocycles. The van der Waals surface area contributed by atoms with Crippen LogP contribution in [0.5, 0.6) is 0 Å². The molecule has 3 rings (SSSR count). The topological polar surface area (TPSA) is 62.2 Å². The molecule has 0 amide bonds. The normalized spacial score (nSPS) is 31.9. The second kappa shape index (κ2) is 3.73. The number of aromatic nitrogens is 1. The lowest BCUT2D eigenvalue weighted by atomic mass is 9.96. The van der Waals surface area contributed by atoms with Crippen LogP contribution in [-0.2, 0) is 0 Å². The predicted octanol–water partition coefficient (Wildman–Crippen LogP) is 2.44. The van der Waals surface area contributed by atoms with Crippen LogP contribution in [0.1, 0.15) is 36.2 Å². The van der Waals surface area contributed by atoms with Gasteiger partial charge in [0.1, 0.15) is 0 Å². The summed E-state index contributed by atoms with van der Waals surface area (Å²) in [6, 6.07) is 0.520. The fraction of sp³-hybridized carbons (Fsp3) is 0.636. The van der Waals surface area contributed by atoms with E-state index < -0.39 is 5.97 Å². The zero-order valence-corrected chi connectivity index (χ0v) is 9.67. The van der Waals surface area contributed by atoms with E-state index >= 15 is 0 Å². The van der Waals surface area contributed by atoms with Crippen LogP contribution in [0.2, 0.25) is 0 Å². The molecule has 2 aliphatic rings. The lowest BCUT2D eigenvalue weighted by molar-refractivity contribution is 0.0691. The van der Waals surface area contributed by atoms with Crippen molar-refractivity contribution in [3.05, 3.63) is 11.1 Å². The Balaban J connectivity index is 1.68. The molecule has 2 N–H and O–H groups in total. The van der Waals surface area contributed by atoms with Crippen molar-refractivity contribution < 1.29 is 9.90 Å². The van der Waals surface area contributed by atoms with E-state index in [1.807, 2.05) is 0 Å². The van der Waals surface area contributed by atoms with E-state index in [0.717, 1.165) is 17.0 Å². The zero-order chi connectivity index (χ0) is 11.1. The Hall–Kier alpha value is -1.10. The first-order valence-corrected chi connectivity index (χ1v) is 6.55. The molecule has 1 heterocycles. The summed E-state index contributed by atoms with van der Waals surface area (Å²) in [5.41, 5.74) is 0.149. The summed E-state index contributed by atoms with van der Waals surface area (Å²) in [6.07, 6.45) is 5.27. The van der Waals surface area contributed by atoms with E-state index in [9.17, 15) is 4.79 Å². The van der Waals surface area contributed by atoms with Crippen LogP contribution in [-0.4, -0.2) is 22.1 Å². The molecule has 2 bridgehead atoms. The number of hydrogen-bond donors (Lipinski definition) is 2. The van der Waals surface area contributed by atoms with Gasteiger partial charge in [0, 0.05) is 11.4 Å². The van der Waals surface area contributed by atoms with Crippen molar-refractivity contribution in [1.82, 2.24) is 4.98 Å². The Bertz CT molecular complexity index is 418. The Morgan fingerprint density at radius 1 is 1.50 bits per heavy atom. The summed E-state index contributed by atoms with van der Waals surface area (Å²) in [5.74, 6) is 0.723. The molecule has 0 aromatic carbocycles. The van der Waals surface area contributed by atoms with Gasteiger partial charge in [-0.05, 0) is 31.1 Å². The molecule has 2 fully saturated rings. The number of anilines is 1. The molecular weight excluding hydrogens is 224 g/mol. The molecule has 2 saturated carbocycles. The summed E-state index contributed by atoms with van der Waals surface area (Å²) in [4.78, 5) is 14.8. The van der Waals surface area contributed by atoms with Crippen LogP contribution in [0.4, 0.5) is 5.13 Å². The summed E-state index contributed by atoms with van der Waals surface area (Å²) in [7, 11) is 0. The Kier molecular flexibility index (Phi) is 2.35. The number of hydrogen-bond acceptors (Lipinski definition) is 4. The summed E-state index contributed by atoms with van der Waals surface area (Å²) in [6.45, 7) is 0. The molecule has 4 nitrogen and oxygen atoms in total. The third-order valence-corrected chi connectivity index (χ3v) is 4.54. The number of carboxylic acid groups (broad SMARTS) is 1. The zero-order valence-electron chi connectivity index (χ0n) is 8.85.